The molecule has 4 nitrogen and oxygen atoms in total. The van der Waals surface area contributed by atoms with Crippen LogP contribution in [0.15, 0.2) is 61.2 Å². The fraction of sp³-hybridized carbons (Fsp3) is 0.385. The van der Waals surface area contributed by atoms with Crippen molar-refractivity contribution in [2.24, 2.45) is 5.41 Å². The average molecular weight is 474 g/mol. The van der Waals surface area contributed by atoms with Gasteiger partial charge in [-0.05, 0) is 48.2 Å². The van der Waals surface area contributed by atoms with E-state index in [1.165, 1.54) is 7.11 Å². The van der Waals surface area contributed by atoms with Gasteiger partial charge in [-0.3, -0.25) is 9.59 Å². The summed E-state index contributed by atoms with van der Waals surface area (Å²) in [5, 5.41) is 1.26. The smallest absolute Gasteiger partial charge is 0.306 e. The van der Waals surface area contributed by atoms with Gasteiger partial charge in [0.15, 0.2) is 0 Å². The van der Waals surface area contributed by atoms with E-state index in [1.807, 2.05) is 67.3 Å². The number of hydrogen-bond donors (Lipinski definition) is 0. The Hall–Kier alpha value is -2.30. The average Bonchev–Trinajstić information content (AvgIpc) is 2.78. The van der Waals surface area contributed by atoms with Crippen LogP contribution in [0.5, 0.6) is 0 Å². The Morgan fingerprint density at radius 3 is 2.47 bits per heavy atom. The molecule has 1 aliphatic heterocycles. The highest BCUT2D eigenvalue weighted by Crippen LogP contribution is 2.52. The SMILES string of the molecule is C=C[C@H](CC)N1C(=O)[C@@](C)(CC(=O)OC)C[C@H](c2cccc(Cl)c2)[C@H]1c1ccc(Cl)cc1. The van der Waals surface area contributed by atoms with Gasteiger partial charge in [0.2, 0.25) is 5.91 Å². The predicted octanol–water partition coefficient (Wildman–Crippen LogP) is 6.58. The molecular formula is C26H29Cl2NO3. The molecule has 0 unspecified atom stereocenters. The highest BCUT2D eigenvalue weighted by Gasteiger charge is 2.52. The predicted molar refractivity (Wildman–Crippen MR) is 129 cm³/mol. The lowest BCUT2D eigenvalue weighted by atomic mass is 9.67. The molecule has 1 aliphatic rings. The van der Waals surface area contributed by atoms with E-state index in [1.54, 1.807) is 6.08 Å². The van der Waals surface area contributed by atoms with Crippen molar-refractivity contribution in [2.45, 2.75) is 51.1 Å². The number of amides is 1. The summed E-state index contributed by atoms with van der Waals surface area (Å²) in [6, 6.07) is 14.9. The van der Waals surface area contributed by atoms with Gasteiger partial charge in [0.05, 0.1) is 31.0 Å². The van der Waals surface area contributed by atoms with Crippen LogP contribution >= 0.6 is 23.2 Å². The second kappa shape index (κ2) is 10.1. The molecule has 2 aromatic rings. The molecule has 0 aliphatic carbocycles. The zero-order chi connectivity index (χ0) is 23.5. The number of ether oxygens (including phenoxy) is 1. The standard InChI is InChI=1S/C26H29Cl2NO3/c1-5-21(6-2)29-24(17-10-12-19(27)13-11-17)22(18-8-7-9-20(28)14-18)15-26(3,25(29)31)16-23(30)32-4/h5,7-14,21-22,24H,1,6,15-16H2,2-4H3/t21-,22-,24-,26-/m1/s1. The third kappa shape index (κ3) is 4.87. The van der Waals surface area contributed by atoms with Crippen molar-refractivity contribution >= 4 is 35.1 Å². The molecule has 4 atom stereocenters. The lowest BCUT2D eigenvalue weighted by Crippen LogP contribution is -2.55. The van der Waals surface area contributed by atoms with Crippen LogP contribution in [-0.2, 0) is 14.3 Å². The third-order valence-corrected chi connectivity index (χ3v) is 6.89. The van der Waals surface area contributed by atoms with Gasteiger partial charge in [-0.2, -0.15) is 0 Å². The van der Waals surface area contributed by atoms with Crippen LogP contribution in [-0.4, -0.2) is 29.9 Å². The first-order chi connectivity index (χ1) is 15.2. The number of methoxy groups -OCH3 is 1. The molecule has 170 valence electrons. The van der Waals surface area contributed by atoms with Gasteiger partial charge < -0.3 is 9.64 Å². The Labute approximate surface area is 200 Å². The minimum atomic E-state index is -0.917. The lowest BCUT2D eigenvalue weighted by Gasteiger charge is -2.51. The normalized spacial score (nSPS) is 24.2. The highest BCUT2D eigenvalue weighted by atomic mass is 35.5. The number of hydrogen-bond acceptors (Lipinski definition) is 3. The highest BCUT2D eigenvalue weighted by molar-refractivity contribution is 6.30. The molecule has 32 heavy (non-hydrogen) atoms. The summed E-state index contributed by atoms with van der Waals surface area (Å²) < 4.78 is 4.93. The molecule has 0 N–H and O–H groups in total. The maximum atomic E-state index is 14.0. The Morgan fingerprint density at radius 1 is 1.22 bits per heavy atom. The number of halogens is 2. The molecular weight excluding hydrogens is 445 g/mol. The van der Waals surface area contributed by atoms with E-state index in [9.17, 15) is 9.59 Å². The van der Waals surface area contributed by atoms with E-state index in [2.05, 4.69) is 6.58 Å². The van der Waals surface area contributed by atoms with Gasteiger partial charge in [0.25, 0.3) is 0 Å². The third-order valence-electron chi connectivity index (χ3n) is 6.40. The van der Waals surface area contributed by atoms with E-state index in [0.29, 0.717) is 22.9 Å². The first-order valence-electron chi connectivity index (χ1n) is 10.8. The number of carbonyl (C=O) groups is 2. The van der Waals surface area contributed by atoms with Crippen LogP contribution < -0.4 is 0 Å². The maximum absolute atomic E-state index is 14.0. The molecule has 1 saturated heterocycles. The van der Waals surface area contributed by atoms with Crippen LogP contribution in [0.2, 0.25) is 10.0 Å². The molecule has 2 aromatic carbocycles. The van der Waals surface area contributed by atoms with Crippen molar-refractivity contribution in [3.63, 3.8) is 0 Å². The van der Waals surface area contributed by atoms with Crippen LogP contribution in [0, 0.1) is 5.41 Å². The van der Waals surface area contributed by atoms with Crippen LogP contribution in [0.4, 0.5) is 0 Å². The largest absolute Gasteiger partial charge is 0.469 e. The van der Waals surface area contributed by atoms with Crippen LogP contribution in [0.1, 0.15) is 56.2 Å². The van der Waals surface area contributed by atoms with E-state index >= 15 is 0 Å². The maximum Gasteiger partial charge on any atom is 0.306 e. The van der Waals surface area contributed by atoms with E-state index < -0.39 is 11.4 Å². The first kappa shape index (κ1) is 24.3. The molecule has 0 saturated carbocycles. The molecule has 0 radical (unpaired) electrons. The summed E-state index contributed by atoms with van der Waals surface area (Å²) in [4.78, 5) is 28.2. The molecule has 0 spiro atoms. The Morgan fingerprint density at radius 2 is 1.91 bits per heavy atom. The monoisotopic (exact) mass is 473 g/mol. The number of piperidine rings is 1. The number of nitrogens with zero attached hydrogens (tertiary/aromatic N) is 1. The fourth-order valence-corrected chi connectivity index (χ4v) is 5.10. The van der Waals surface area contributed by atoms with Gasteiger partial charge in [-0.1, -0.05) is 67.4 Å². The van der Waals surface area contributed by atoms with Crippen molar-refractivity contribution in [1.29, 1.82) is 0 Å². The Kier molecular flexibility index (Phi) is 7.68. The molecule has 1 fully saturated rings. The summed E-state index contributed by atoms with van der Waals surface area (Å²) >= 11 is 12.5. The quantitative estimate of drug-likeness (QED) is 0.336. The van der Waals surface area contributed by atoms with Crippen molar-refractivity contribution < 1.29 is 14.3 Å². The first-order valence-corrected chi connectivity index (χ1v) is 11.5. The minimum Gasteiger partial charge on any atom is -0.469 e. The number of benzene rings is 2. The van der Waals surface area contributed by atoms with Gasteiger partial charge in [0, 0.05) is 16.0 Å². The second-order valence-electron chi connectivity index (χ2n) is 8.60. The topological polar surface area (TPSA) is 46.6 Å². The zero-order valence-corrected chi connectivity index (χ0v) is 20.2. The summed E-state index contributed by atoms with van der Waals surface area (Å²) in [6.07, 6.45) is 3.01. The molecule has 6 heteroatoms. The lowest BCUT2D eigenvalue weighted by molar-refractivity contribution is -0.160. The fourth-order valence-electron chi connectivity index (χ4n) is 4.78. The van der Waals surface area contributed by atoms with Gasteiger partial charge in [-0.25, -0.2) is 0 Å². The summed E-state index contributed by atoms with van der Waals surface area (Å²) in [5.74, 6) is -0.564. The van der Waals surface area contributed by atoms with Gasteiger partial charge in [0.1, 0.15) is 0 Å². The zero-order valence-electron chi connectivity index (χ0n) is 18.7. The van der Waals surface area contributed by atoms with Crippen molar-refractivity contribution in [1.82, 2.24) is 4.90 Å². The van der Waals surface area contributed by atoms with Crippen molar-refractivity contribution in [3.8, 4) is 0 Å². The minimum absolute atomic E-state index is 0.0107. The van der Waals surface area contributed by atoms with E-state index in [-0.39, 0.29) is 30.3 Å². The molecule has 0 bridgehead atoms. The molecule has 3 rings (SSSR count). The Balaban J connectivity index is 2.22. The van der Waals surface area contributed by atoms with E-state index in [4.69, 9.17) is 27.9 Å². The molecule has 1 heterocycles. The summed E-state index contributed by atoms with van der Waals surface area (Å²) in [7, 11) is 1.35. The van der Waals surface area contributed by atoms with Crippen LogP contribution in [0.25, 0.3) is 0 Å². The van der Waals surface area contributed by atoms with Gasteiger partial charge in [-0.15, -0.1) is 6.58 Å². The number of carbonyl (C=O) groups excluding carboxylic acids is 2. The number of esters is 1. The Bertz CT molecular complexity index is 991. The molecule has 0 aromatic heterocycles. The van der Waals surface area contributed by atoms with Crippen molar-refractivity contribution in [3.05, 3.63) is 82.4 Å². The summed E-state index contributed by atoms with van der Waals surface area (Å²) in [6.45, 7) is 7.87. The second-order valence-corrected chi connectivity index (χ2v) is 9.47. The van der Waals surface area contributed by atoms with Crippen LogP contribution in [0.3, 0.4) is 0 Å². The number of likely N-dealkylation sites (tertiary alicyclic amines) is 1. The summed E-state index contributed by atoms with van der Waals surface area (Å²) in [5.41, 5.74) is 1.08. The van der Waals surface area contributed by atoms with E-state index in [0.717, 1.165) is 11.1 Å². The van der Waals surface area contributed by atoms with Gasteiger partial charge >= 0.3 is 5.97 Å². The molecule has 1 amide bonds. The van der Waals surface area contributed by atoms with Crippen molar-refractivity contribution in [2.75, 3.05) is 7.11 Å². The number of rotatable bonds is 7.